The van der Waals surface area contributed by atoms with E-state index in [0.29, 0.717) is 12.0 Å². The zero-order chi connectivity index (χ0) is 10.3. The van der Waals surface area contributed by atoms with Crippen molar-refractivity contribution in [2.45, 2.75) is 31.4 Å². The Kier molecular flexibility index (Phi) is 2.17. The van der Waals surface area contributed by atoms with Crippen LogP contribution in [0.1, 0.15) is 19.3 Å². The molecule has 3 atom stereocenters. The summed E-state index contributed by atoms with van der Waals surface area (Å²) in [6.45, 7) is 1.04. The average Bonchev–Trinajstić information content (AvgIpc) is 2.31. The number of piperidine rings is 2. The molecule has 15 heavy (non-hydrogen) atoms. The monoisotopic (exact) mass is 203 g/mol. The highest BCUT2D eigenvalue weighted by molar-refractivity contribution is 5.48. The van der Waals surface area contributed by atoms with E-state index in [-0.39, 0.29) is 6.10 Å². The second kappa shape index (κ2) is 3.53. The van der Waals surface area contributed by atoms with Crippen LogP contribution in [0.2, 0.25) is 0 Å². The number of para-hydroxylation sites is 1. The molecule has 3 unspecified atom stereocenters. The number of aliphatic hydroxyl groups is 1. The third-order valence-electron chi connectivity index (χ3n) is 3.89. The number of fused-ring (bicyclic) bond motifs is 3. The van der Waals surface area contributed by atoms with Gasteiger partial charge in [0.05, 0.1) is 6.10 Å². The van der Waals surface area contributed by atoms with E-state index in [1.54, 1.807) is 0 Å². The summed E-state index contributed by atoms with van der Waals surface area (Å²) in [4.78, 5) is 2.47. The summed E-state index contributed by atoms with van der Waals surface area (Å²) in [5.74, 6) is 0.496. The van der Waals surface area contributed by atoms with E-state index in [0.717, 1.165) is 13.0 Å². The molecule has 2 heteroatoms. The third-order valence-corrected chi connectivity index (χ3v) is 3.89. The van der Waals surface area contributed by atoms with Gasteiger partial charge in [-0.25, -0.2) is 0 Å². The SMILES string of the molecule is OC1CC2CCC1CN2c1ccccc1. The summed E-state index contributed by atoms with van der Waals surface area (Å²) >= 11 is 0. The number of benzene rings is 1. The van der Waals surface area contributed by atoms with Crippen molar-refractivity contribution in [3.63, 3.8) is 0 Å². The van der Waals surface area contributed by atoms with Crippen molar-refractivity contribution in [3.05, 3.63) is 30.3 Å². The van der Waals surface area contributed by atoms with Crippen LogP contribution in [-0.2, 0) is 0 Å². The predicted molar refractivity (Wildman–Crippen MR) is 60.9 cm³/mol. The van der Waals surface area contributed by atoms with Crippen molar-refractivity contribution in [2.75, 3.05) is 11.4 Å². The van der Waals surface area contributed by atoms with Gasteiger partial charge in [-0.3, -0.25) is 0 Å². The number of aliphatic hydroxyl groups excluding tert-OH is 1. The molecule has 80 valence electrons. The lowest BCUT2D eigenvalue weighted by atomic mass is 9.77. The van der Waals surface area contributed by atoms with E-state index in [9.17, 15) is 5.11 Å². The Labute approximate surface area is 90.5 Å². The van der Waals surface area contributed by atoms with E-state index in [2.05, 4.69) is 35.2 Å². The molecule has 0 spiro atoms. The Morgan fingerprint density at radius 2 is 1.93 bits per heavy atom. The summed E-state index contributed by atoms with van der Waals surface area (Å²) in [5, 5.41) is 9.84. The second-order valence-electron chi connectivity index (χ2n) is 4.78. The molecule has 0 aromatic heterocycles. The smallest absolute Gasteiger partial charge is 0.0604 e. The number of hydrogen-bond donors (Lipinski definition) is 1. The van der Waals surface area contributed by atoms with Crippen LogP contribution in [-0.4, -0.2) is 23.8 Å². The summed E-state index contributed by atoms with van der Waals surface area (Å²) < 4.78 is 0. The van der Waals surface area contributed by atoms with Crippen LogP contribution in [0, 0.1) is 5.92 Å². The Morgan fingerprint density at radius 3 is 2.53 bits per heavy atom. The van der Waals surface area contributed by atoms with Gasteiger partial charge in [0.2, 0.25) is 0 Å². The van der Waals surface area contributed by atoms with Crippen molar-refractivity contribution in [1.82, 2.24) is 0 Å². The molecule has 2 nitrogen and oxygen atoms in total. The van der Waals surface area contributed by atoms with Crippen molar-refractivity contribution < 1.29 is 5.11 Å². The molecule has 3 fully saturated rings. The zero-order valence-electron chi connectivity index (χ0n) is 8.84. The molecule has 2 aliphatic heterocycles. The molecular formula is C13H17NO. The average molecular weight is 203 g/mol. The minimum Gasteiger partial charge on any atom is -0.393 e. The molecule has 0 radical (unpaired) electrons. The molecule has 1 aromatic carbocycles. The van der Waals surface area contributed by atoms with E-state index < -0.39 is 0 Å². The van der Waals surface area contributed by atoms with Gasteiger partial charge < -0.3 is 10.0 Å². The first-order chi connectivity index (χ1) is 7.34. The number of hydrogen-bond acceptors (Lipinski definition) is 2. The Bertz CT molecular complexity index is 338. The largest absolute Gasteiger partial charge is 0.393 e. The fourth-order valence-electron chi connectivity index (χ4n) is 3.02. The molecule has 3 aliphatic rings. The van der Waals surface area contributed by atoms with Crippen LogP contribution in [0.3, 0.4) is 0 Å². The summed E-state index contributed by atoms with van der Waals surface area (Å²) in [7, 11) is 0. The van der Waals surface area contributed by atoms with Gasteiger partial charge >= 0.3 is 0 Å². The van der Waals surface area contributed by atoms with E-state index in [4.69, 9.17) is 0 Å². The van der Waals surface area contributed by atoms with Gasteiger partial charge in [0, 0.05) is 24.2 Å². The lowest BCUT2D eigenvalue weighted by Crippen LogP contribution is -2.54. The molecule has 1 aromatic rings. The van der Waals surface area contributed by atoms with E-state index in [1.807, 2.05) is 0 Å². The molecule has 0 amide bonds. The van der Waals surface area contributed by atoms with Crippen LogP contribution >= 0.6 is 0 Å². The van der Waals surface area contributed by atoms with Crippen molar-refractivity contribution in [3.8, 4) is 0 Å². The van der Waals surface area contributed by atoms with Crippen LogP contribution in [0.25, 0.3) is 0 Å². The number of anilines is 1. The molecular weight excluding hydrogens is 186 g/mol. The number of nitrogens with zero attached hydrogens (tertiary/aromatic N) is 1. The lowest BCUT2D eigenvalue weighted by Gasteiger charge is -2.49. The van der Waals surface area contributed by atoms with Crippen LogP contribution in [0.5, 0.6) is 0 Å². The highest BCUT2D eigenvalue weighted by Crippen LogP contribution is 2.37. The van der Waals surface area contributed by atoms with Crippen LogP contribution < -0.4 is 4.90 Å². The molecule has 2 heterocycles. The van der Waals surface area contributed by atoms with Crippen molar-refractivity contribution in [1.29, 1.82) is 0 Å². The van der Waals surface area contributed by atoms with Crippen molar-refractivity contribution >= 4 is 5.69 Å². The minimum atomic E-state index is -0.0521. The van der Waals surface area contributed by atoms with Crippen molar-refractivity contribution in [2.24, 2.45) is 5.92 Å². The first-order valence-corrected chi connectivity index (χ1v) is 5.84. The normalized spacial score (nSPS) is 34.5. The zero-order valence-corrected chi connectivity index (χ0v) is 8.84. The molecule has 1 aliphatic carbocycles. The fourth-order valence-corrected chi connectivity index (χ4v) is 3.02. The quantitative estimate of drug-likeness (QED) is 0.755. The Balaban J connectivity index is 1.85. The van der Waals surface area contributed by atoms with Gasteiger partial charge in [-0.1, -0.05) is 18.2 Å². The van der Waals surface area contributed by atoms with E-state index in [1.165, 1.54) is 18.5 Å². The van der Waals surface area contributed by atoms with Crippen LogP contribution in [0.4, 0.5) is 5.69 Å². The first kappa shape index (κ1) is 9.22. The molecule has 1 saturated carbocycles. The molecule has 4 rings (SSSR count). The minimum absolute atomic E-state index is 0.0521. The standard InChI is InChI=1S/C13H17NO/c15-13-8-12-7-6-10(13)9-14(12)11-4-2-1-3-5-11/h1-5,10,12-13,15H,6-9H2. The topological polar surface area (TPSA) is 23.5 Å². The maximum absolute atomic E-state index is 9.84. The summed E-state index contributed by atoms with van der Waals surface area (Å²) in [6.07, 6.45) is 3.36. The predicted octanol–water partition coefficient (Wildman–Crippen LogP) is 2.04. The fraction of sp³-hybridized carbons (Fsp3) is 0.538. The number of rotatable bonds is 1. The second-order valence-corrected chi connectivity index (χ2v) is 4.78. The van der Waals surface area contributed by atoms with Gasteiger partial charge in [-0.15, -0.1) is 0 Å². The summed E-state index contributed by atoms with van der Waals surface area (Å²) in [6, 6.07) is 11.1. The van der Waals surface area contributed by atoms with Crippen LogP contribution in [0.15, 0.2) is 30.3 Å². The molecule has 2 bridgehead atoms. The molecule has 2 saturated heterocycles. The highest BCUT2D eigenvalue weighted by atomic mass is 16.3. The maximum Gasteiger partial charge on any atom is 0.0604 e. The third kappa shape index (κ3) is 1.53. The van der Waals surface area contributed by atoms with Gasteiger partial charge in [-0.2, -0.15) is 0 Å². The van der Waals surface area contributed by atoms with Gasteiger partial charge in [0.25, 0.3) is 0 Å². The Morgan fingerprint density at radius 1 is 1.13 bits per heavy atom. The Hall–Kier alpha value is -1.02. The summed E-state index contributed by atoms with van der Waals surface area (Å²) in [5.41, 5.74) is 1.32. The first-order valence-electron chi connectivity index (χ1n) is 5.84. The van der Waals surface area contributed by atoms with Gasteiger partial charge in [0.15, 0.2) is 0 Å². The lowest BCUT2D eigenvalue weighted by molar-refractivity contribution is 0.0373. The van der Waals surface area contributed by atoms with Gasteiger partial charge in [0.1, 0.15) is 0 Å². The highest BCUT2D eigenvalue weighted by Gasteiger charge is 2.39. The maximum atomic E-state index is 9.84. The molecule has 1 N–H and O–H groups in total. The van der Waals surface area contributed by atoms with E-state index >= 15 is 0 Å². The van der Waals surface area contributed by atoms with Gasteiger partial charge in [-0.05, 0) is 31.4 Å².